The molecule has 5 heteroatoms. The zero-order valence-corrected chi connectivity index (χ0v) is 25.5. The van der Waals surface area contributed by atoms with E-state index in [0.717, 1.165) is 33.9 Å². The zero-order chi connectivity index (χ0) is 27.4. The van der Waals surface area contributed by atoms with Crippen LogP contribution in [0.25, 0.3) is 39.1 Å². The average Bonchev–Trinajstić information content (AvgIpc) is 3.43. The number of phenols is 1. The fraction of sp³-hybridized carbons (Fsp3) is 0.143. The molecular weight excluding hydrogens is 671 g/mol. The third kappa shape index (κ3) is 6.39. The quantitative estimate of drug-likeness (QED) is 0.187. The Hall–Kier alpha value is -4.05. The van der Waals surface area contributed by atoms with E-state index < -0.39 is 0 Å². The van der Waals surface area contributed by atoms with Crippen LogP contribution in [0.2, 0.25) is 0 Å². The molecule has 40 heavy (non-hydrogen) atoms. The molecule has 1 radical (unpaired) electrons. The van der Waals surface area contributed by atoms with E-state index in [1.54, 1.807) is 18.3 Å². The van der Waals surface area contributed by atoms with Crippen molar-refractivity contribution in [2.24, 2.45) is 0 Å². The largest absolute Gasteiger partial charge is 0.507 e. The maximum Gasteiger partial charge on any atom is 0.148 e. The van der Waals surface area contributed by atoms with E-state index in [1.807, 2.05) is 59.4 Å². The summed E-state index contributed by atoms with van der Waals surface area (Å²) in [6.45, 7) is 8.65. The molecule has 0 bridgehead atoms. The second-order valence-corrected chi connectivity index (χ2v) is 10.0. The van der Waals surface area contributed by atoms with Gasteiger partial charge in [-0.05, 0) is 58.3 Å². The van der Waals surface area contributed by atoms with Crippen LogP contribution < -0.4 is 0 Å². The van der Waals surface area contributed by atoms with Crippen LogP contribution in [0.4, 0.5) is 0 Å². The number of hydrogen-bond donors (Lipinski definition) is 1. The van der Waals surface area contributed by atoms with E-state index in [-0.39, 0.29) is 25.9 Å². The van der Waals surface area contributed by atoms with Gasteiger partial charge in [-0.15, -0.1) is 34.9 Å². The second-order valence-electron chi connectivity index (χ2n) is 10.0. The fourth-order valence-electron chi connectivity index (χ4n) is 4.76. The van der Waals surface area contributed by atoms with Crippen LogP contribution >= 0.6 is 0 Å². The van der Waals surface area contributed by atoms with E-state index >= 15 is 0 Å². The summed E-state index contributed by atoms with van der Waals surface area (Å²) < 4.78 is 1.95. The van der Waals surface area contributed by atoms with Gasteiger partial charge < -0.3 is 10.1 Å². The van der Waals surface area contributed by atoms with Gasteiger partial charge in [-0.25, -0.2) is 4.98 Å². The summed E-state index contributed by atoms with van der Waals surface area (Å²) >= 11 is 0. The maximum absolute atomic E-state index is 9.90. The molecule has 0 aliphatic heterocycles. The first-order valence-electron chi connectivity index (χ1n) is 13.2. The molecule has 1 N–H and O–H groups in total. The van der Waals surface area contributed by atoms with Crippen LogP contribution in [0.15, 0.2) is 110 Å². The number of aromatic nitrogens is 3. The van der Waals surface area contributed by atoms with E-state index in [0.29, 0.717) is 5.92 Å². The van der Waals surface area contributed by atoms with Gasteiger partial charge >= 0.3 is 0 Å². The Morgan fingerprint density at radius 2 is 1.55 bits per heavy atom. The van der Waals surface area contributed by atoms with Gasteiger partial charge in [-0.3, -0.25) is 4.57 Å². The number of aromatic hydroxyl groups is 1. The molecule has 0 unspecified atom stereocenters. The Balaban J connectivity index is 0.000000182. The van der Waals surface area contributed by atoms with Crippen LogP contribution in [0.5, 0.6) is 5.75 Å². The molecule has 2 aromatic heterocycles. The molecule has 4 nitrogen and oxygen atoms in total. The van der Waals surface area contributed by atoms with Crippen LogP contribution in [0, 0.1) is 19.9 Å². The Morgan fingerprint density at radius 1 is 0.800 bits per heavy atom. The number of benzene rings is 4. The number of hydrogen-bond acceptors (Lipinski definition) is 3. The van der Waals surface area contributed by atoms with Gasteiger partial charge in [0.2, 0.25) is 0 Å². The minimum Gasteiger partial charge on any atom is -0.507 e. The Bertz CT molecular complexity index is 1700. The first kappa shape index (κ1) is 28.9. The molecular formula is C35H32IrN3O-. The summed E-state index contributed by atoms with van der Waals surface area (Å²) in [6.07, 6.45) is 5.51. The molecule has 203 valence electrons. The Labute approximate surface area is 249 Å². The number of nitrogens with zero attached hydrogens (tertiary/aromatic N) is 3. The zero-order valence-electron chi connectivity index (χ0n) is 23.1. The van der Waals surface area contributed by atoms with Crippen molar-refractivity contribution in [3.05, 3.63) is 132 Å². The van der Waals surface area contributed by atoms with Crippen molar-refractivity contribution in [1.29, 1.82) is 0 Å². The number of fused-ring (bicyclic) bond motifs is 1. The van der Waals surface area contributed by atoms with Gasteiger partial charge in [0.15, 0.2) is 0 Å². The molecule has 0 fully saturated rings. The van der Waals surface area contributed by atoms with Gasteiger partial charge in [-0.2, -0.15) is 0 Å². The van der Waals surface area contributed by atoms with Gasteiger partial charge in [0.25, 0.3) is 0 Å². The van der Waals surface area contributed by atoms with Gasteiger partial charge in [0.1, 0.15) is 11.6 Å². The number of pyridine rings is 1. The van der Waals surface area contributed by atoms with Crippen LogP contribution in [0.1, 0.15) is 36.5 Å². The molecule has 0 aliphatic carbocycles. The molecule has 4 aromatic carbocycles. The van der Waals surface area contributed by atoms with Crippen molar-refractivity contribution in [3.63, 3.8) is 0 Å². The summed E-state index contributed by atoms with van der Waals surface area (Å²) in [5.74, 6) is 1.51. The third-order valence-electron chi connectivity index (χ3n) is 6.68. The molecule has 6 aromatic rings. The summed E-state index contributed by atoms with van der Waals surface area (Å²) in [5.41, 5.74) is 7.62. The fourth-order valence-corrected chi connectivity index (χ4v) is 4.76. The topological polar surface area (TPSA) is 50.9 Å². The molecule has 0 amide bonds. The minimum atomic E-state index is 0. The van der Waals surface area contributed by atoms with Crippen LogP contribution in [-0.4, -0.2) is 19.6 Å². The standard InChI is InChI=1S/C20H20N.C15H12N2O.Ir/c1-13(2)16-5-6-19-17(12-16)7-8-21-20(19)18-10-14(3)9-15(4)11-18;18-14-9-5-4-8-13(14)15-16-10-11-17(15)12-6-2-1-3-7-12;/h5-10,12-13H,1-4H3;1-11,18H;/q-1;;. The minimum absolute atomic E-state index is 0. The van der Waals surface area contributed by atoms with Crippen molar-refractivity contribution < 1.29 is 25.2 Å². The number of para-hydroxylation sites is 2. The molecule has 0 saturated carbocycles. The van der Waals surface area contributed by atoms with E-state index in [9.17, 15) is 5.11 Å². The molecule has 6 rings (SSSR count). The average molecular weight is 703 g/mol. The Kier molecular flexibility index (Phi) is 9.31. The SMILES string of the molecule is Cc1[c-]c(-c2nccc3cc(C(C)C)ccc23)cc(C)c1.Oc1ccccc1-c1nccn1-c1ccccc1.[Ir]. The normalized spacial score (nSPS) is 10.6. The van der Waals surface area contributed by atoms with Crippen molar-refractivity contribution in [3.8, 4) is 34.1 Å². The molecule has 0 saturated heterocycles. The number of aryl methyl sites for hydroxylation is 2. The van der Waals surface area contributed by atoms with Gasteiger partial charge in [0.05, 0.1) is 5.56 Å². The van der Waals surface area contributed by atoms with Gasteiger partial charge in [0, 0.05) is 44.4 Å². The van der Waals surface area contributed by atoms with Crippen LogP contribution in [0.3, 0.4) is 0 Å². The molecule has 2 heterocycles. The van der Waals surface area contributed by atoms with Gasteiger partial charge in [-0.1, -0.05) is 76.2 Å². The van der Waals surface area contributed by atoms with E-state index in [4.69, 9.17) is 0 Å². The summed E-state index contributed by atoms with van der Waals surface area (Å²) in [4.78, 5) is 8.93. The van der Waals surface area contributed by atoms with Crippen molar-refractivity contribution in [2.75, 3.05) is 0 Å². The number of imidazole rings is 1. The van der Waals surface area contributed by atoms with E-state index in [2.05, 4.69) is 80.1 Å². The summed E-state index contributed by atoms with van der Waals surface area (Å²) in [7, 11) is 0. The molecule has 0 spiro atoms. The van der Waals surface area contributed by atoms with Crippen molar-refractivity contribution in [1.82, 2.24) is 14.5 Å². The monoisotopic (exact) mass is 703 g/mol. The van der Waals surface area contributed by atoms with Crippen LogP contribution in [-0.2, 0) is 20.1 Å². The third-order valence-corrected chi connectivity index (χ3v) is 6.68. The molecule has 0 atom stereocenters. The van der Waals surface area contributed by atoms with Crippen molar-refractivity contribution >= 4 is 10.8 Å². The van der Waals surface area contributed by atoms with E-state index in [1.165, 1.54) is 21.9 Å². The second kappa shape index (κ2) is 12.9. The summed E-state index contributed by atoms with van der Waals surface area (Å²) in [6, 6.07) is 33.6. The first-order valence-corrected chi connectivity index (χ1v) is 13.2. The predicted octanol–water partition coefficient (Wildman–Crippen LogP) is 8.68. The molecule has 0 aliphatic rings. The van der Waals surface area contributed by atoms with Crippen molar-refractivity contribution in [2.45, 2.75) is 33.6 Å². The summed E-state index contributed by atoms with van der Waals surface area (Å²) in [5, 5.41) is 12.3. The maximum atomic E-state index is 9.90. The smallest absolute Gasteiger partial charge is 0.148 e. The first-order chi connectivity index (χ1) is 18.9. The predicted molar refractivity (Wildman–Crippen MR) is 160 cm³/mol. The Morgan fingerprint density at radius 3 is 2.27 bits per heavy atom. The number of rotatable bonds is 4. The number of phenolic OH excluding ortho intramolecular Hbond substituents is 1.